The summed E-state index contributed by atoms with van der Waals surface area (Å²) in [6, 6.07) is 6.18. The lowest BCUT2D eigenvalue weighted by atomic mass is 10.0. The van der Waals surface area contributed by atoms with Gasteiger partial charge in [0.2, 0.25) is 5.13 Å². The Bertz CT molecular complexity index is 771. The number of hydrogen-bond donors (Lipinski definition) is 0. The van der Waals surface area contributed by atoms with Crippen LogP contribution in [-0.2, 0) is 17.6 Å². The molecule has 1 atom stereocenters. The summed E-state index contributed by atoms with van der Waals surface area (Å²) in [5.74, 6) is 0.169. The van der Waals surface area contributed by atoms with Crippen LogP contribution in [0.3, 0.4) is 0 Å². The Morgan fingerprint density at radius 3 is 2.88 bits per heavy atom. The molecule has 1 saturated heterocycles. The van der Waals surface area contributed by atoms with Crippen LogP contribution in [0.25, 0.3) is 0 Å². The van der Waals surface area contributed by atoms with Crippen molar-refractivity contribution in [3.8, 4) is 0 Å². The first-order chi connectivity index (χ1) is 12.2. The van der Waals surface area contributed by atoms with E-state index in [1.807, 2.05) is 13.0 Å². The van der Waals surface area contributed by atoms with Crippen LogP contribution in [0.1, 0.15) is 34.8 Å². The topological polar surface area (TPSA) is 55.3 Å². The average Bonchev–Trinajstić information content (AvgIpc) is 3.30. The van der Waals surface area contributed by atoms with Crippen molar-refractivity contribution < 1.29 is 9.53 Å². The third kappa shape index (κ3) is 3.73. The molecule has 2 heterocycles. The minimum Gasteiger partial charge on any atom is -0.378 e. The average molecular weight is 376 g/mol. The van der Waals surface area contributed by atoms with Gasteiger partial charge >= 0.3 is 0 Å². The molecule has 4 rings (SSSR count). The molecule has 0 radical (unpaired) electrons. The van der Waals surface area contributed by atoms with Gasteiger partial charge in [0.25, 0.3) is 0 Å². The summed E-state index contributed by atoms with van der Waals surface area (Å²) in [5.41, 5.74) is 3.56. The van der Waals surface area contributed by atoms with Gasteiger partial charge in [-0.05, 0) is 43.4 Å². The number of anilines is 1. The number of hydrogen-bond acceptors (Lipinski definition) is 7. The number of Topliss-reactive ketones (excluding diaryl/α,β-unsaturated/α-hetero) is 1. The van der Waals surface area contributed by atoms with Gasteiger partial charge in [-0.2, -0.15) is 0 Å². The molecule has 0 spiro atoms. The van der Waals surface area contributed by atoms with Crippen LogP contribution < -0.4 is 4.90 Å². The summed E-state index contributed by atoms with van der Waals surface area (Å²) < 4.78 is 6.22. The Morgan fingerprint density at radius 1 is 1.24 bits per heavy atom. The Hall–Kier alpha value is -1.44. The molecule has 1 unspecified atom stereocenters. The Labute approximate surface area is 155 Å². The van der Waals surface area contributed by atoms with E-state index in [4.69, 9.17) is 4.74 Å². The molecule has 1 aliphatic carbocycles. The van der Waals surface area contributed by atoms with Crippen LogP contribution >= 0.6 is 23.1 Å². The number of carbonyl (C=O) groups is 1. The van der Waals surface area contributed by atoms with Crippen molar-refractivity contribution in [2.24, 2.45) is 0 Å². The van der Waals surface area contributed by atoms with E-state index >= 15 is 0 Å². The summed E-state index contributed by atoms with van der Waals surface area (Å²) in [6.45, 7) is 5.12. The van der Waals surface area contributed by atoms with Crippen LogP contribution in [0.15, 0.2) is 22.5 Å². The van der Waals surface area contributed by atoms with E-state index in [9.17, 15) is 4.79 Å². The number of rotatable bonds is 5. The van der Waals surface area contributed by atoms with Gasteiger partial charge in [-0.3, -0.25) is 4.79 Å². The fourth-order valence-electron chi connectivity index (χ4n) is 3.30. The van der Waals surface area contributed by atoms with E-state index in [1.54, 1.807) is 11.3 Å². The largest absolute Gasteiger partial charge is 0.378 e. The molecule has 1 aromatic heterocycles. The third-order valence-corrected chi connectivity index (χ3v) is 6.88. The van der Waals surface area contributed by atoms with Crippen molar-refractivity contribution >= 4 is 34.0 Å². The first-order valence-electron chi connectivity index (χ1n) is 8.69. The van der Waals surface area contributed by atoms with Crippen molar-refractivity contribution in [2.45, 2.75) is 35.8 Å². The molecule has 132 valence electrons. The Morgan fingerprint density at radius 2 is 2.04 bits per heavy atom. The van der Waals surface area contributed by atoms with E-state index in [0.29, 0.717) is 0 Å². The predicted molar refractivity (Wildman–Crippen MR) is 101 cm³/mol. The SMILES string of the molecule is CC(Sc1nnc(N2CCOCC2)s1)C(=O)c1ccc2c(c1)CCC2. The van der Waals surface area contributed by atoms with Gasteiger partial charge in [-0.15, -0.1) is 10.2 Å². The standard InChI is InChI=1S/C18H21N3O2S2/c1-12(16(22)15-6-5-13-3-2-4-14(13)11-15)24-18-20-19-17(25-18)21-7-9-23-10-8-21/h5-6,11-12H,2-4,7-10H2,1H3. The number of fused-ring (bicyclic) bond motifs is 1. The zero-order valence-corrected chi connectivity index (χ0v) is 15.9. The molecule has 1 fully saturated rings. The zero-order valence-electron chi connectivity index (χ0n) is 14.2. The summed E-state index contributed by atoms with van der Waals surface area (Å²) >= 11 is 3.06. The lowest BCUT2D eigenvalue weighted by Gasteiger charge is -2.25. The Kier molecular flexibility index (Phi) is 5.05. The first kappa shape index (κ1) is 17.0. The van der Waals surface area contributed by atoms with Gasteiger partial charge in [0.15, 0.2) is 10.1 Å². The zero-order chi connectivity index (χ0) is 17.2. The van der Waals surface area contributed by atoms with Crippen molar-refractivity contribution in [1.29, 1.82) is 0 Å². The Balaban J connectivity index is 1.42. The molecule has 2 aliphatic rings. The van der Waals surface area contributed by atoms with E-state index in [1.165, 1.54) is 29.3 Å². The number of benzene rings is 1. The second-order valence-electron chi connectivity index (χ2n) is 6.41. The monoisotopic (exact) mass is 375 g/mol. The van der Waals surface area contributed by atoms with Crippen molar-refractivity contribution in [3.05, 3.63) is 34.9 Å². The maximum Gasteiger partial charge on any atom is 0.209 e. The number of morpholine rings is 1. The van der Waals surface area contributed by atoms with E-state index in [0.717, 1.165) is 54.2 Å². The number of ketones is 1. The number of ether oxygens (including phenoxy) is 1. The van der Waals surface area contributed by atoms with E-state index < -0.39 is 0 Å². The smallest absolute Gasteiger partial charge is 0.209 e. The second-order valence-corrected chi connectivity index (χ2v) is 8.96. The molecule has 0 amide bonds. The van der Waals surface area contributed by atoms with Crippen molar-refractivity contribution in [3.63, 3.8) is 0 Å². The molecule has 2 aromatic rings. The van der Waals surface area contributed by atoms with Gasteiger partial charge in [0.05, 0.1) is 18.5 Å². The van der Waals surface area contributed by atoms with Gasteiger partial charge < -0.3 is 9.64 Å². The lowest BCUT2D eigenvalue weighted by molar-refractivity contribution is 0.0994. The summed E-state index contributed by atoms with van der Waals surface area (Å²) in [6.07, 6.45) is 3.44. The number of thioether (sulfide) groups is 1. The molecular weight excluding hydrogens is 354 g/mol. The number of carbonyl (C=O) groups excluding carboxylic acids is 1. The normalized spacial score (nSPS) is 18.2. The molecule has 0 saturated carbocycles. The summed E-state index contributed by atoms with van der Waals surface area (Å²) in [7, 11) is 0. The number of aromatic nitrogens is 2. The number of nitrogens with zero attached hydrogens (tertiary/aromatic N) is 3. The summed E-state index contributed by atoms with van der Waals surface area (Å²) in [5, 5.41) is 9.30. The molecule has 1 aromatic carbocycles. The van der Waals surface area contributed by atoms with Crippen LogP contribution in [-0.4, -0.2) is 47.5 Å². The highest BCUT2D eigenvalue weighted by Gasteiger charge is 2.22. The fourth-order valence-corrected chi connectivity index (χ4v) is 5.41. The van der Waals surface area contributed by atoms with E-state index in [-0.39, 0.29) is 11.0 Å². The van der Waals surface area contributed by atoms with Crippen LogP contribution in [0.5, 0.6) is 0 Å². The minimum atomic E-state index is -0.162. The second kappa shape index (κ2) is 7.43. The first-order valence-corrected chi connectivity index (χ1v) is 10.4. The van der Waals surface area contributed by atoms with Crippen molar-refractivity contribution in [1.82, 2.24) is 10.2 Å². The molecular formula is C18H21N3O2S2. The maximum absolute atomic E-state index is 12.8. The van der Waals surface area contributed by atoms with Gasteiger partial charge in [0, 0.05) is 18.7 Å². The third-order valence-electron chi connectivity index (χ3n) is 4.71. The van der Waals surface area contributed by atoms with Crippen molar-refractivity contribution in [2.75, 3.05) is 31.2 Å². The summed E-state index contributed by atoms with van der Waals surface area (Å²) in [4.78, 5) is 15.0. The predicted octanol–water partition coefficient (Wildman–Crippen LogP) is 3.23. The maximum atomic E-state index is 12.8. The highest BCUT2D eigenvalue weighted by molar-refractivity contribution is 8.02. The van der Waals surface area contributed by atoms with Gasteiger partial charge in [0.1, 0.15) is 0 Å². The van der Waals surface area contributed by atoms with Gasteiger partial charge in [-0.25, -0.2) is 0 Å². The van der Waals surface area contributed by atoms with Gasteiger partial charge in [-0.1, -0.05) is 35.2 Å². The van der Waals surface area contributed by atoms with Crippen LogP contribution in [0, 0.1) is 0 Å². The molecule has 25 heavy (non-hydrogen) atoms. The highest BCUT2D eigenvalue weighted by Crippen LogP contribution is 2.33. The minimum absolute atomic E-state index is 0.162. The molecule has 1 aliphatic heterocycles. The highest BCUT2D eigenvalue weighted by atomic mass is 32.2. The molecule has 7 heteroatoms. The molecule has 0 N–H and O–H groups in total. The van der Waals surface area contributed by atoms with Crippen LogP contribution in [0.2, 0.25) is 0 Å². The fraction of sp³-hybridized carbons (Fsp3) is 0.500. The molecule has 5 nitrogen and oxygen atoms in total. The van der Waals surface area contributed by atoms with Crippen LogP contribution in [0.4, 0.5) is 5.13 Å². The molecule has 0 bridgehead atoms. The number of aryl methyl sites for hydroxylation is 2. The lowest BCUT2D eigenvalue weighted by Crippen LogP contribution is -2.36. The quantitative estimate of drug-likeness (QED) is 0.591. The van der Waals surface area contributed by atoms with E-state index in [2.05, 4.69) is 27.2 Å².